The first-order valence-corrected chi connectivity index (χ1v) is 12.8. The predicted octanol–water partition coefficient (Wildman–Crippen LogP) is 4.28. The summed E-state index contributed by atoms with van der Waals surface area (Å²) in [6.07, 6.45) is 2.14. The lowest BCUT2D eigenvalue weighted by Crippen LogP contribution is -2.36. The van der Waals surface area contributed by atoms with Crippen molar-refractivity contribution in [2.75, 3.05) is 31.2 Å². The van der Waals surface area contributed by atoms with Gasteiger partial charge in [0.25, 0.3) is 5.56 Å². The van der Waals surface area contributed by atoms with Gasteiger partial charge in [0.15, 0.2) is 11.5 Å². The second kappa shape index (κ2) is 9.51. The van der Waals surface area contributed by atoms with Gasteiger partial charge in [-0.2, -0.15) is 10.5 Å². The molecule has 1 atom stereocenters. The maximum Gasteiger partial charge on any atom is 0.270 e. The van der Waals surface area contributed by atoms with E-state index in [4.69, 9.17) is 18.9 Å². The Balaban J connectivity index is 1.36. The van der Waals surface area contributed by atoms with Gasteiger partial charge in [-0.05, 0) is 43.5 Å². The van der Waals surface area contributed by atoms with Gasteiger partial charge < -0.3 is 23.4 Å². The van der Waals surface area contributed by atoms with Crippen molar-refractivity contribution in [3.63, 3.8) is 0 Å². The Hall–Kier alpha value is -4.34. The van der Waals surface area contributed by atoms with Crippen molar-refractivity contribution in [3.05, 3.63) is 63.3 Å². The fourth-order valence-electron chi connectivity index (χ4n) is 5.53. The first kappa shape index (κ1) is 24.0. The molecule has 0 saturated carbocycles. The molecule has 0 spiro atoms. The van der Waals surface area contributed by atoms with Crippen molar-refractivity contribution in [3.8, 4) is 17.9 Å². The van der Waals surface area contributed by atoms with Crippen LogP contribution in [-0.2, 0) is 11.8 Å². The van der Waals surface area contributed by atoms with E-state index in [0.29, 0.717) is 54.2 Å². The number of piperidine rings is 1. The summed E-state index contributed by atoms with van der Waals surface area (Å²) in [5, 5.41) is 20.6. The molecule has 0 bridgehead atoms. The van der Waals surface area contributed by atoms with Crippen LogP contribution in [0.3, 0.4) is 0 Å². The number of hydrogen-bond donors (Lipinski definition) is 0. The maximum absolute atomic E-state index is 13.3. The highest BCUT2D eigenvalue weighted by molar-refractivity contribution is 5.97. The number of aromatic nitrogens is 2. The molecule has 2 fully saturated rings. The number of rotatable bonds is 4. The zero-order chi connectivity index (χ0) is 26.4. The van der Waals surface area contributed by atoms with Crippen molar-refractivity contribution >= 4 is 27.7 Å². The zero-order valence-electron chi connectivity index (χ0n) is 21.4. The molecule has 2 aliphatic rings. The van der Waals surface area contributed by atoms with E-state index in [0.717, 1.165) is 41.8 Å². The molecule has 2 aromatic heterocycles. The summed E-state index contributed by atoms with van der Waals surface area (Å²) in [6, 6.07) is 13.8. The quantitative estimate of drug-likeness (QED) is 0.400. The zero-order valence-corrected chi connectivity index (χ0v) is 21.4. The van der Waals surface area contributed by atoms with E-state index in [1.165, 1.54) is 4.57 Å². The Morgan fingerprint density at radius 1 is 1.11 bits per heavy atom. The van der Waals surface area contributed by atoms with E-state index in [1.807, 2.05) is 25.1 Å². The molecule has 2 aliphatic heterocycles. The van der Waals surface area contributed by atoms with Gasteiger partial charge in [0.05, 0.1) is 30.0 Å². The van der Waals surface area contributed by atoms with E-state index in [1.54, 1.807) is 19.2 Å². The lowest BCUT2D eigenvalue weighted by molar-refractivity contribution is 0.141. The van der Waals surface area contributed by atoms with Gasteiger partial charge in [-0.1, -0.05) is 6.07 Å². The molecule has 0 N–H and O–H groups in total. The van der Waals surface area contributed by atoms with Crippen LogP contribution in [0.4, 0.5) is 5.69 Å². The number of nitrogens with zero attached hydrogens (tertiary/aromatic N) is 5. The molecule has 38 heavy (non-hydrogen) atoms. The molecule has 4 heterocycles. The van der Waals surface area contributed by atoms with Crippen LogP contribution in [0.15, 0.2) is 39.5 Å². The van der Waals surface area contributed by atoms with Crippen LogP contribution in [0.1, 0.15) is 47.8 Å². The molecule has 0 aliphatic carbocycles. The van der Waals surface area contributed by atoms with Crippen LogP contribution < -0.4 is 15.2 Å². The summed E-state index contributed by atoms with van der Waals surface area (Å²) < 4.78 is 19.0. The Kier molecular flexibility index (Phi) is 6.01. The smallest absolute Gasteiger partial charge is 0.270 e. The van der Waals surface area contributed by atoms with Gasteiger partial charge in [0.1, 0.15) is 35.1 Å². The lowest BCUT2D eigenvalue weighted by Gasteiger charge is -2.34. The number of hydrogen-bond acceptors (Lipinski definition) is 8. The monoisotopic (exact) mass is 509 g/mol. The second-order valence-corrected chi connectivity index (χ2v) is 10.1. The number of benzene rings is 2. The Morgan fingerprint density at radius 2 is 1.92 bits per heavy atom. The Morgan fingerprint density at radius 3 is 2.63 bits per heavy atom. The van der Waals surface area contributed by atoms with Crippen LogP contribution in [0.25, 0.3) is 22.0 Å². The summed E-state index contributed by atoms with van der Waals surface area (Å²) in [4.78, 5) is 20.1. The topological polar surface area (TPSA) is 117 Å². The Labute approximate surface area is 219 Å². The number of pyridine rings is 1. The van der Waals surface area contributed by atoms with Crippen molar-refractivity contribution in [1.82, 2.24) is 9.55 Å². The summed E-state index contributed by atoms with van der Waals surface area (Å²) in [5.74, 6) is 1.29. The summed E-state index contributed by atoms with van der Waals surface area (Å²) >= 11 is 0. The molecular weight excluding hydrogens is 482 g/mol. The summed E-state index contributed by atoms with van der Waals surface area (Å²) in [5.41, 5.74) is 4.05. The third kappa shape index (κ3) is 4.06. The van der Waals surface area contributed by atoms with Crippen LogP contribution in [-0.4, -0.2) is 42.0 Å². The number of oxazole rings is 1. The largest absolute Gasteiger partial charge is 0.486 e. The van der Waals surface area contributed by atoms with E-state index in [2.05, 4.69) is 17.0 Å². The molecule has 9 heteroatoms. The van der Waals surface area contributed by atoms with E-state index in [9.17, 15) is 15.3 Å². The first-order chi connectivity index (χ1) is 18.5. The number of anilines is 1. The van der Waals surface area contributed by atoms with Gasteiger partial charge >= 0.3 is 0 Å². The normalized spacial score (nSPS) is 18.1. The molecule has 2 saturated heterocycles. The Bertz CT molecular complexity index is 1690. The molecule has 4 aromatic rings. The second-order valence-electron chi connectivity index (χ2n) is 10.1. The molecule has 0 radical (unpaired) electrons. The van der Waals surface area contributed by atoms with E-state index < -0.39 is 0 Å². The van der Waals surface area contributed by atoms with Crippen molar-refractivity contribution < 1.29 is 13.9 Å². The van der Waals surface area contributed by atoms with Crippen molar-refractivity contribution in [1.29, 1.82) is 10.5 Å². The minimum atomic E-state index is -0.369. The van der Waals surface area contributed by atoms with Gasteiger partial charge in [0, 0.05) is 43.9 Å². The molecule has 0 unspecified atom stereocenters. The van der Waals surface area contributed by atoms with E-state index in [-0.39, 0.29) is 23.1 Å². The van der Waals surface area contributed by atoms with Gasteiger partial charge in [0.2, 0.25) is 0 Å². The van der Waals surface area contributed by atoms with Crippen molar-refractivity contribution in [2.45, 2.75) is 38.2 Å². The average Bonchev–Trinajstić information content (AvgIpc) is 3.60. The number of ether oxygens (including phenoxy) is 2. The van der Waals surface area contributed by atoms with Crippen LogP contribution in [0.5, 0.6) is 5.75 Å². The van der Waals surface area contributed by atoms with Crippen LogP contribution in [0, 0.1) is 29.6 Å². The van der Waals surface area contributed by atoms with Gasteiger partial charge in [-0.3, -0.25) is 4.79 Å². The van der Waals surface area contributed by atoms with E-state index >= 15 is 0 Å². The molecule has 6 rings (SSSR count). The third-order valence-corrected chi connectivity index (χ3v) is 7.60. The predicted molar refractivity (Wildman–Crippen MR) is 141 cm³/mol. The standard InChI is InChI=1S/C29H27N5O4/c1-17-3-4-25-23(11-17)32-28(38-25)18-5-8-34(9-6-18)27-21-12-19(14-30)26(37-20-7-10-36-16-20)13-24(21)33(2)29(35)22(27)15-31/h3-4,11-13,18,20H,5-10,16H2,1-2H3/t20-/m1/s1. The number of aryl methyl sites for hydroxylation is 2. The molecule has 0 amide bonds. The van der Waals surface area contributed by atoms with Gasteiger partial charge in [-0.15, -0.1) is 0 Å². The van der Waals surface area contributed by atoms with Crippen LogP contribution in [0.2, 0.25) is 0 Å². The number of fused-ring (bicyclic) bond motifs is 2. The minimum absolute atomic E-state index is 0.0811. The molecular formula is C29H27N5O4. The van der Waals surface area contributed by atoms with Crippen molar-refractivity contribution in [2.24, 2.45) is 7.05 Å². The minimum Gasteiger partial charge on any atom is -0.486 e. The third-order valence-electron chi connectivity index (χ3n) is 7.60. The highest BCUT2D eigenvalue weighted by Crippen LogP contribution is 2.38. The highest BCUT2D eigenvalue weighted by Gasteiger charge is 2.29. The average molecular weight is 510 g/mol. The summed E-state index contributed by atoms with van der Waals surface area (Å²) in [7, 11) is 1.64. The molecule has 192 valence electrons. The van der Waals surface area contributed by atoms with Crippen LogP contribution >= 0.6 is 0 Å². The summed E-state index contributed by atoms with van der Waals surface area (Å²) in [6.45, 7) is 4.36. The molecule has 2 aromatic carbocycles. The SMILES string of the molecule is Cc1ccc2oc(C3CCN(c4c(C#N)c(=O)n(C)c5cc(O[C@@H]6CCOC6)c(C#N)cc45)CC3)nc2c1. The van der Waals surface area contributed by atoms with Gasteiger partial charge in [-0.25, -0.2) is 4.98 Å². The maximum atomic E-state index is 13.3. The first-order valence-electron chi connectivity index (χ1n) is 12.8. The fraction of sp³-hybridized carbons (Fsp3) is 0.379. The highest BCUT2D eigenvalue weighted by atomic mass is 16.5. The lowest BCUT2D eigenvalue weighted by atomic mass is 9.95. The number of nitriles is 2. The fourth-order valence-corrected chi connectivity index (χ4v) is 5.53. The molecule has 9 nitrogen and oxygen atoms in total.